The average Bonchev–Trinajstić information content (AvgIpc) is 2.78. The van der Waals surface area contributed by atoms with Gasteiger partial charge in [-0.15, -0.1) is 0 Å². The van der Waals surface area contributed by atoms with Gasteiger partial charge in [-0.2, -0.15) is 0 Å². The highest BCUT2D eigenvalue weighted by Crippen LogP contribution is 2.31. The number of nitrogens with zero attached hydrogens (tertiary/aromatic N) is 1. The molecular weight excluding hydrogens is 377 g/mol. The minimum absolute atomic E-state index is 0.0447. The summed E-state index contributed by atoms with van der Waals surface area (Å²) >= 11 is 2.10. The van der Waals surface area contributed by atoms with Gasteiger partial charge in [-0.1, -0.05) is 44.2 Å². The molecule has 2 aromatic rings. The Kier molecular flexibility index (Phi) is 5.22. The number of halogens is 1. The lowest BCUT2D eigenvalue weighted by Crippen LogP contribution is -2.23. The molecule has 110 valence electrons. The standard InChI is InChI=1S/C15H12INO2.C2H6/c16-13-7-12(18)6-11-9-17(15(19)14(11)13)8-10-4-2-1-3-5-10;1-2/h1-7,18H,8-9H2;1-2H3. The highest BCUT2D eigenvalue weighted by Gasteiger charge is 2.29. The van der Waals surface area contributed by atoms with Gasteiger partial charge in [-0.25, -0.2) is 0 Å². The van der Waals surface area contributed by atoms with Gasteiger partial charge in [0.05, 0.1) is 5.56 Å². The van der Waals surface area contributed by atoms with Crippen molar-refractivity contribution in [1.29, 1.82) is 0 Å². The van der Waals surface area contributed by atoms with Crippen molar-refractivity contribution < 1.29 is 9.90 Å². The number of carbonyl (C=O) groups is 1. The molecule has 1 N–H and O–H groups in total. The van der Waals surface area contributed by atoms with Gasteiger partial charge < -0.3 is 10.0 Å². The fraction of sp³-hybridized carbons (Fsp3) is 0.235. The van der Waals surface area contributed by atoms with Crippen molar-refractivity contribution in [3.8, 4) is 5.75 Å². The summed E-state index contributed by atoms with van der Waals surface area (Å²) in [4.78, 5) is 14.2. The minimum atomic E-state index is 0.0447. The maximum Gasteiger partial charge on any atom is 0.255 e. The summed E-state index contributed by atoms with van der Waals surface area (Å²) in [5.74, 6) is 0.265. The fourth-order valence-electron chi connectivity index (χ4n) is 2.38. The van der Waals surface area contributed by atoms with E-state index in [9.17, 15) is 9.90 Å². The lowest BCUT2D eigenvalue weighted by Gasteiger charge is -2.15. The molecule has 3 rings (SSSR count). The van der Waals surface area contributed by atoms with Gasteiger partial charge in [-0.3, -0.25) is 4.79 Å². The smallest absolute Gasteiger partial charge is 0.255 e. The minimum Gasteiger partial charge on any atom is -0.508 e. The van der Waals surface area contributed by atoms with Crippen LogP contribution in [-0.2, 0) is 13.1 Å². The molecular formula is C17H18INO2. The molecule has 0 bridgehead atoms. The number of benzene rings is 2. The first-order valence-electron chi connectivity index (χ1n) is 7.00. The summed E-state index contributed by atoms with van der Waals surface area (Å²) in [6.45, 7) is 5.17. The zero-order valence-electron chi connectivity index (χ0n) is 12.1. The average molecular weight is 395 g/mol. The quantitative estimate of drug-likeness (QED) is 0.776. The van der Waals surface area contributed by atoms with E-state index in [4.69, 9.17) is 0 Å². The first-order chi connectivity index (χ1) is 10.1. The molecule has 1 aliphatic rings. The molecule has 1 amide bonds. The maximum atomic E-state index is 12.4. The highest BCUT2D eigenvalue weighted by atomic mass is 127. The van der Waals surface area contributed by atoms with Crippen LogP contribution in [0.5, 0.6) is 5.75 Å². The summed E-state index contributed by atoms with van der Waals surface area (Å²) in [5, 5.41) is 9.60. The van der Waals surface area contributed by atoms with E-state index in [0.717, 1.165) is 20.3 Å². The van der Waals surface area contributed by atoms with E-state index < -0.39 is 0 Å². The number of phenols is 1. The Hall–Kier alpha value is -1.56. The molecule has 0 aromatic heterocycles. The van der Waals surface area contributed by atoms with Gasteiger partial charge >= 0.3 is 0 Å². The van der Waals surface area contributed by atoms with Gasteiger partial charge in [0, 0.05) is 16.7 Å². The Balaban J connectivity index is 0.000000774. The number of hydrogen-bond acceptors (Lipinski definition) is 2. The molecule has 21 heavy (non-hydrogen) atoms. The molecule has 0 fully saturated rings. The van der Waals surface area contributed by atoms with Crippen molar-refractivity contribution in [2.24, 2.45) is 0 Å². The zero-order chi connectivity index (χ0) is 15.4. The Morgan fingerprint density at radius 1 is 1.19 bits per heavy atom. The maximum absolute atomic E-state index is 12.4. The monoisotopic (exact) mass is 395 g/mol. The summed E-state index contributed by atoms with van der Waals surface area (Å²) in [6.07, 6.45) is 0. The first-order valence-corrected chi connectivity index (χ1v) is 8.07. The third-order valence-electron chi connectivity index (χ3n) is 3.24. The third kappa shape index (κ3) is 3.37. The van der Waals surface area contributed by atoms with Gasteiger partial charge in [0.25, 0.3) is 5.91 Å². The molecule has 0 saturated heterocycles. The van der Waals surface area contributed by atoms with Crippen LogP contribution in [0.4, 0.5) is 0 Å². The van der Waals surface area contributed by atoms with Crippen molar-refractivity contribution in [3.63, 3.8) is 0 Å². The number of amides is 1. The lowest BCUT2D eigenvalue weighted by molar-refractivity contribution is 0.0766. The lowest BCUT2D eigenvalue weighted by atomic mass is 10.1. The third-order valence-corrected chi connectivity index (χ3v) is 4.09. The van der Waals surface area contributed by atoms with Crippen molar-refractivity contribution >= 4 is 28.5 Å². The Morgan fingerprint density at radius 3 is 2.52 bits per heavy atom. The van der Waals surface area contributed by atoms with Crippen LogP contribution in [0.1, 0.15) is 35.3 Å². The summed E-state index contributed by atoms with van der Waals surface area (Å²) in [5.41, 5.74) is 2.75. The molecule has 0 radical (unpaired) electrons. The predicted molar refractivity (Wildman–Crippen MR) is 92.2 cm³/mol. The van der Waals surface area contributed by atoms with Crippen LogP contribution in [-0.4, -0.2) is 15.9 Å². The number of carbonyl (C=O) groups excluding carboxylic acids is 1. The molecule has 3 nitrogen and oxygen atoms in total. The Labute approximate surface area is 138 Å². The second-order valence-corrected chi connectivity index (χ2v) is 5.77. The fourth-order valence-corrected chi connectivity index (χ4v) is 3.28. The predicted octanol–water partition coefficient (Wildman–Crippen LogP) is 4.18. The van der Waals surface area contributed by atoms with E-state index in [1.807, 2.05) is 49.1 Å². The van der Waals surface area contributed by atoms with Gasteiger partial charge in [0.15, 0.2) is 0 Å². The number of phenolic OH excluding ortho intramolecular Hbond substituents is 1. The largest absolute Gasteiger partial charge is 0.508 e. The van der Waals surface area contributed by atoms with Crippen LogP contribution in [0.15, 0.2) is 42.5 Å². The van der Waals surface area contributed by atoms with E-state index in [2.05, 4.69) is 22.6 Å². The summed E-state index contributed by atoms with van der Waals surface area (Å²) in [6, 6.07) is 13.2. The molecule has 0 unspecified atom stereocenters. The highest BCUT2D eigenvalue weighted by molar-refractivity contribution is 14.1. The number of aromatic hydroxyl groups is 1. The van der Waals surface area contributed by atoms with Crippen LogP contribution in [0.3, 0.4) is 0 Å². The zero-order valence-corrected chi connectivity index (χ0v) is 14.3. The molecule has 2 aromatic carbocycles. The van der Waals surface area contributed by atoms with Crippen molar-refractivity contribution in [2.45, 2.75) is 26.9 Å². The van der Waals surface area contributed by atoms with E-state index in [-0.39, 0.29) is 11.7 Å². The first kappa shape index (κ1) is 15.8. The Bertz CT molecular complexity index is 641. The summed E-state index contributed by atoms with van der Waals surface area (Å²) in [7, 11) is 0. The molecule has 4 heteroatoms. The second-order valence-electron chi connectivity index (χ2n) is 4.61. The van der Waals surface area contributed by atoms with E-state index >= 15 is 0 Å². The topological polar surface area (TPSA) is 40.5 Å². The molecule has 0 aliphatic carbocycles. The Morgan fingerprint density at radius 2 is 1.86 bits per heavy atom. The summed E-state index contributed by atoms with van der Waals surface area (Å²) < 4.78 is 0.813. The van der Waals surface area contributed by atoms with Crippen LogP contribution in [0, 0.1) is 3.57 Å². The molecule has 1 aliphatic heterocycles. The van der Waals surface area contributed by atoms with Crippen molar-refractivity contribution in [2.75, 3.05) is 0 Å². The number of hydrogen-bond donors (Lipinski definition) is 1. The van der Waals surface area contributed by atoms with Crippen LogP contribution in [0.25, 0.3) is 0 Å². The molecule has 0 atom stereocenters. The SMILES string of the molecule is CC.O=C1c2c(I)cc(O)cc2CN1Cc1ccccc1. The van der Waals surface area contributed by atoms with E-state index in [1.54, 1.807) is 12.1 Å². The van der Waals surface area contributed by atoms with Crippen molar-refractivity contribution in [3.05, 3.63) is 62.7 Å². The van der Waals surface area contributed by atoms with Crippen LogP contribution < -0.4 is 0 Å². The second kappa shape index (κ2) is 6.93. The molecule has 1 heterocycles. The number of fused-ring (bicyclic) bond motifs is 1. The molecule has 0 saturated carbocycles. The number of rotatable bonds is 2. The van der Waals surface area contributed by atoms with E-state index in [1.165, 1.54) is 0 Å². The van der Waals surface area contributed by atoms with Crippen molar-refractivity contribution in [1.82, 2.24) is 4.90 Å². The van der Waals surface area contributed by atoms with Gasteiger partial charge in [-0.05, 0) is 45.9 Å². The van der Waals surface area contributed by atoms with Gasteiger partial charge in [0.1, 0.15) is 5.75 Å². The van der Waals surface area contributed by atoms with Gasteiger partial charge in [0.2, 0.25) is 0 Å². The van der Waals surface area contributed by atoms with Crippen LogP contribution in [0.2, 0.25) is 0 Å². The van der Waals surface area contributed by atoms with E-state index in [0.29, 0.717) is 13.1 Å². The molecule has 0 spiro atoms. The normalized spacial score (nSPS) is 12.7. The van der Waals surface area contributed by atoms with Crippen LogP contribution >= 0.6 is 22.6 Å².